The predicted molar refractivity (Wildman–Crippen MR) is 135 cm³/mol. The molecule has 9 nitrogen and oxygen atoms in total. The van der Waals surface area contributed by atoms with Crippen LogP contribution >= 0.6 is 0 Å². The molecule has 2 aromatic rings. The van der Waals surface area contributed by atoms with Crippen LogP contribution in [0.5, 0.6) is 28.7 Å². The predicted octanol–water partition coefficient (Wildman–Crippen LogP) is 5.42. The third kappa shape index (κ3) is 4.82. The largest absolute Gasteiger partial charge is 0.507 e. The SMILES string of the molecule is CCCCCC(=O)Cc1cc(OC)cc2c1C(=O)Oc1cc(O)c3c(c1O2)CC1(CCCC(C)O1)OC3=O. The highest BCUT2D eigenvalue weighted by molar-refractivity contribution is 6.01. The van der Waals surface area contributed by atoms with E-state index in [2.05, 4.69) is 6.92 Å². The molecule has 1 fully saturated rings. The number of carbonyl (C=O) groups excluding carboxylic acids is 3. The van der Waals surface area contributed by atoms with Gasteiger partial charge in [0.2, 0.25) is 5.79 Å². The Morgan fingerprint density at radius 2 is 1.92 bits per heavy atom. The summed E-state index contributed by atoms with van der Waals surface area (Å²) in [5.41, 5.74) is 0.822. The van der Waals surface area contributed by atoms with Gasteiger partial charge in [0.1, 0.15) is 34.2 Å². The van der Waals surface area contributed by atoms with Crippen molar-refractivity contribution in [3.05, 3.63) is 40.5 Å². The number of aromatic hydroxyl groups is 1. The van der Waals surface area contributed by atoms with E-state index in [1.807, 2.05) is 6.92 Å². The minimum atomic E-state index is -1.20. The summed E-state index contributed by atoms with van der Waals surface area (Å²) in [7, 11) is 1.48. The van der Waals surface area contributed by atoms with Crippen molar-refractivity contribution in [3.63, 3.8) is 0 Å². The Bertz CT molecular complexity index is 1300. The van der Waals surface area contributed by atoms with Gasteiger partial charge in [0.25, 0.3) is 0 Å². The summed E-state index contributed by atoms with van der Waals surface area (Å²) in [6, 6.07) is 4.36. The Kier molecular flexibility index (Phi) is 7.05. The van der Waals surface area contributed by atoms with E-state index >= 15 is 0 Å². The maximum Gasteiger partial charge on any atom is 0.347 e. The van der Waals surface area contributed by atoms with Crippen molar-refractivity contribution in [1.82, 2.24) is 0 Å². The normalized spacial score (nSPS) is 21.8. The van der Waals surface area contributed by atoms with Crippen LogP contribution in [-0.2, 0) is 27.1 Å². The molecule has 1 saturated heterocycles. The number of ketones is 1. The van der Waals surface area contributed by atoms with Crippen LogP contribution in [0.25, 0.3) is 0 Å². The van der Waals surface area contributed by atoms with Gasteiger partial charge in [0.15, 0.2) is 11.5 Å². The molecule has 0 amide bonds. The number of ether oxygens (including phenoxy) is 5. The van der Waals surface area contributed by atoms with E-state index in [0.717, 1.165) is 32.1 Å². The fourth-order valence-electron chi connectivity index (χ4n) is 5.49. The molecule has 3 aliphatic heterocycles. The Labute approximate surface area is 221 Å². The molecule has 38 heavy (non-hydrogen) atoms. The number of rotatable bonds is 7. The van der Waals surface area contributed by atoms with Gasteiger partial charge >= 0.3 is 11.9 Å². The number of hydrogen-bond donors (Lipinski definition) is 1. The zero-order valence-electron chi connectivity index (χ0n) is 21.9. The van der Waals surface area contributed by atoms with E-state index in [0.29, 0.717) is 29.7 Å². The lowest BCUT2D eigenvalue weighted by atomic mass is 9.89. The molecule has 2 atom stereocenters. The van der Waals surface area contributed by atoms with Crippen LogP contribution in [0.2, 0.25) is 0 Å². The minimum absolute atomic E-state index is 0.00765. The number of carbonyl (C=O) groups is 3. The van der Waals surface area contributed by atoms with Crippen molar-refractivity contribution in [2.75, 3.05) is 7.11 Å². The van der Waals surface area contributed by atoms with Crippen LogP contribution in [0.15, 0.2) is 18.2 Å². The number of esters is 2. The minimum Gasteiger partial charge on any atom is -0.507 e. The fraction of sp³-hybridized carbons (Fsp3) is 0.483. The average Bonchev–Trinajstić information content (AvgIpc) is 2.99. The molecule has 2 aromatic carbocycles. The van der Waals surface area contributed by atoms with Crippen LogP contribution in [0.4, 0.5) is 0 Å². The molecule has 2 unspecified atom stereocenters. The second-order valence-electron chi connectivity index (χ2n) is 10.2. The van der Waals surface area contributed by atoms with Crippen molar-refractivity contribution < 1.29 is 43.2 Å². The standard InChI is InChI=1S/C29H32O9/c1-4-5-6-9-18(30)11-17-12-19(34-3)13-22-24(17)27(32)36-23-14-21(31)25-20(26(23)35-22)15-29(38-28(25)33)10-7-8-16(2)37-29/h12-14,16,31H,4-11,15H2,1-3H3. The van der Waals surface area contributed by atoms with Gasteiger partial charge < -0.3 is 28.8 Å². The Morgan fingerprint density at radius 3 is 2.66 bits per heavy atom. The van der Waals surface area contributed by atoms with Crippen molar-refractivity contribution >= 4 is 17.7 Å². The van der Waals surface area contributed by atoms with E-state index < -0.39 is 17.7 Å². The van der Waals surface area contributed by atoms with Crippen molar-refractivity contribution in [1.29, 1.82) is 0 Å². The lowest BCUT2D eigenvalue weighted by molar-refractivity contribution is -0.250. The molecular formula is C29H32O9. The average molecular weight is 525 g/mol. The first-order chi connectivity index (χ1) is 18.2. The van der Waals surface area contributed by atoms with Gasteiger partial charge in [-0.05, 0) is 37.8 Å². The quantitative estimate of drug-likeness (QED) is 0.288. The second kappa shape index (κ2) is 10.3. The maximum atomic E-state index is 13.4. The van der Waals surface area contributed by atoms with E-state index in [1.165, 1.54) is 13.2 Å². The van der Waals surface area contributed by atoms with Crippen LogP contribution in [0.1, 0.15) is 90.6 Å². The maximum absolute atomic E-state index is 13.4. The van der Waals surface area contributed by atoms with Crippen LogP contribution in [0, 0.1) is 0 Å². The highest BCUT2D eigenvalue weighted by Crippen LogP contribution is 2.50. The Balaban J connectivity index is 1.58. The van der Waals surface area contributed by atoms with Crippen LogP contribution < -0.4 is 14.2 Å². The highest BCUT2D eigenvalue weighted by Gasteiger charge is 2.48. The van der Waals surface area contributed by atoms with E-state index in [9.17, 15) is 19.5 Å². The Hall–Kier alpha value is -3.59. The number of unbranched alkanes of at least 4 members (excludes halogenated alkanes) is 2. The van der Waals surface area contributed by atoms with Crippen molar-refractivity contribution in [3.8, 4) is 28.7 Å². The van der Waals surface area contributed by atoms with Gasteiger partial charge in [-0.15, -0.1) is 0 Å². The fourth-order valence-corrected chi connectivity index (χ4v) is 5.49. The monoisotopic (exact) mass is 524 g/mol. The van der Waals surface area contributed by atoms with Crippen molar-refractivity contribution in [2.24, 2.45) is 0 Å². The zero-order valence-corrected chi connectivity index (χ0v) is 21.9. The number of fused-ring (bicyclic) bond motifs is 4. The Morgan fingerprint density at radius 1 is 1.11 bits per heavy atom. The first-order valence-corrected chi connectivity index (χ1v) is 13.2. The lowest BCUT2D eigenvalue weighted by Crippen LogP contribution is -2.48. The molecule has 1 N–H and O–H groups in total. The number of Topliss-reactive ketones (excluding diaryl/α,β-unsaturated/α-hetero) is 1. The molecule has 0 saturated carbocycles. The smallest absolute Gasteiger partial charge is 0.347 e. The highest BCUT2D eigenvalue weighted by atomic mass is 16.7. The molecule has 0 bridgehead atoms. The molecule has 0 radical (unpaired) electrons. The summed E-state index contributed by atoms with van der Waals surface area (Å²) in [6.45, 7) is 3.98. The summed E-state index contributed by atoms with van der Waals surface area (Å²) >= 11 is 0. The molecule has 0 aromatic heterocycles. The molecular weight excluding hydrogens is 492 g/mol. The van der Waals surface area contributed by atoms with Crippen molar-refractivity contribution in [2.45, 2.75) is 83.5 Å². The summed E-state index contributed by atoms with van der Waals surface area (Å²) < 4.78 is 29.2. The summed E-state index contributed by atoms with van der Waals surface area (Å²) in [6.07, 6.45) is 5.27. The van der Waals surface area contributed by atoms with Crippen LogP contribution in [0.3, 0.4) is 0 Å². The summed E-state index contributed by atoms with van der Waals surface area (Å²) in [5, 5.41) is 10.7. The lowest BCUT2D eigenvalue weighted by Gasteiger charge is -2.42. The van der Waals surface area contributed by atoms with Gasteiger partial charge in [-0.2, -0.15) is 0 Å². The van der Waals surface area contributed by atoms with Gasteiger partial charge in [0, 0.05) is 43.4 Å². The number of phenolic OH excluding ortho intramolecular Hbond substituents is 1. The number of hydrogen-bond acceptors (Lipinski definition) is 9. The van der Waals surface area contributed by atoms with Gasteiger partial charge in [-0.25, -0.2) is 9.59 Å². The molecule has 9 heteroatoms. The molecule has 3 heterocycles. The molecule has 3 aliphatic rings. The van der Waals surface area contributed by atoms with Gasteiger partial charge in [-0.3, -0.25) is 4.79 Å². The van der Waals surface area contributed by atoms with Crippen LogP contribution in [-0.4, -0.2) is 41.8 Å². The first-order valence-electron chi connectivity index (χ1n) is 13.2. The van der Waals surface area contributed by atoms with Gasteiger partial charge in [-0.1, -0.05) is 19.8 Å². The third-order valence-electron chi connectivity index (χ3n) is 7.30. The second-order valence-corrected chi connectivity index (χ2v) is 10.2. The topological polar surface area (TPSA) is 118 Å². The van der Waals surface area contributed by atoms with E-state index in [1.54, 1.807) is 12.1 Å². The number of methoxy groups -OCH3 is 1. The van der Waals surface area contributed by atoms with E-state index in [4.69, 9.17) is 23.7 Å². The number of benzene rings is 2. The first kappa shape index (κ1) is 26.0. The number of phenols is 1. The molecule has 5 rings (SSSR count). The third-order valence-corrected chi connectivity index (χ3v) is 7.30. The van der Waals surface area contributed by atoms with Gasteiger partial charge in [0.05, 0.1) is 13.2 Å². The summed E-state index contributed by atoms with van der Waals surface area (Å²) in [4.78, 5) is 39.2. The zero-order chi connectivity index (χ0) is 27.0. The van der Waals surface area contributed by atoms with E-state index in [-0.39, 0.29) is 58.9 Å². The molecule has 202 valence electrons. The molecule has 1 spiro atoms. The molecule has 0 aliphatic carbocycles. The summed E-state index contributed by atoms with van der Waals surface area (Å²) in [5.74, 6) is -2.41.